The third kappa shape index (κ3) is 6.44. The molecule has 2 aromatic rings. The van der Waals surface area contributed by atoms with Gasteiger partial charge < -0.3 is 20.1 Å². The lowest BCUT2D eigenvalue weighted by atomic mass is 9.99. The number of ether oxygens (including phenoxy) is 2. The summed E-state index contributed by atoms with van der Waals surface area (Å²) in [6, 6.07) is 12.8. The van der Waals surface area contributed by atoms with Crippen LogP contribution in [0.5, 0.6) is 5.75 Å². The lowest BCUT2D eigenvalue weighted by molar-refractivity contribution is -0.133. The molecular weight excluding hydrogens is 388 g/mol. The van der Waals surface area contributed by atoms with Crippen molar-refractivity contribution in [3.63, 3.8) is 0 Å². The Labute approximate surface area is 174 Å². The van der Waals surface area contributed by atoms with Crippen LogP contribution >= 0.6 is 0 Å². The molecule has 2 amide bonds. The summed E-state index contributed by atoms with van der Waals surface area (Å²) in [6.07, 6.45) is -0.298. The highest BCUT2D eigenvalue weighted by Gasteiger charge is 2.26. The van der Waals surface area contributed by atoms with E-state index in [0.29, 0.717) is 22.7 Å². The number of Topliss-reactive ketones (excluding diaryl/α,β-unsaturated/α-hetero) is 1. The number of anilines is 2. The first-order chi connectivity index (χ1) is 14.3. The van der Waals surface area contributed by atoms with E-state index >= 15 is 0 Å². The predicted octanol–water partition coefficient (Wildman–Crippen LogP) is 3.04. The first-order valence-electron chi connectivity index (χ1n) is 9.36. The van der Waals surface area contributed by atoms with Crippen LogP contribution in [-0.4, -0.2) is 37.3 Å². The van der Waals surface area contributed by atoms with Crippen LogP contribution in [0.1, 0.15) is 30.6 Å². The Bertz CT molecular complexity index is 906. The highest BCUT2D eigenvalue weighted by Crippen LogP contribution is 2.17. The zero-order valence-corrected chi connectivity index (χ0v) is 17.1. The number of carbonyl (C=O) groups is 4. The molecule has 2 N–H and O–H groups in total. The van der Waals surface area contributed by atoms with Crippen LogP contribution in [0.25, 0.3) is 0 Å². The summed E-state index contributed by atoms with van der Waals surface area (Å²) in [6.45, 7) is 3.23. The molecule has 0 heterocycles. The lowest BCUT2D eigenvalue weighted by Crippen LogP contribution is -2.32. The summed E-state index contributed by atoms with van der Waals surface area (Å²) in [5, 5.41) is 5.25. The molecule has 0 aliphatic heterocycles. The molecule has 0 aliphatic rings. The normalized spacial score (nSPS) is 11.2. The number of hydrogen-bond acceptors (Lipinski definition) is 6. The van der Waals surface area contributed by atoms with Crippen LogP contribution in [0.2, 0.25) is 0 Å². The number of esters is 1. The maximum atomic E-state index is 12.5. The van der Waals surface area contributed by atoms with Crippen LogP contribution < -0.4 is 15.4 Å². The Hall–Kier alpha value is -3.68. The third-order valence-corrected chi connectivity index (χ3v) is 4.23. The Morgan fingerprint density at radius 3 is 2.00 bits per heavy atom. The average molecular weight is 412 g/mol. The molecular formula is C22H24N2O6. The number of amides is 2. The molecule has 0 saturated heterocycles. The topological polar surface area (TPSA) is 111 Å². The van der Waals surface area contributed by atoms with Crippen molar-refractivity contribution in [2.45, 2.75) is 20.3 Å². The monoisotopic (exact) mass is 412 g/mol. The van der Waals surface area contributed by atoms with Gasteiger partial charge in [0.2, 0.25) is 11.8 Å². The van der Waals surface area contributed by atoms with Gasteiger partial charge in [-0.25, -0.2) is 4.79 Å². The molecule has 0 bridgehead atoms. The van der Waals surface area contributed by atoms with Crippen molar-refractivity contribution >= 4 is 34.9 Å². The summed E-state index contributed by atoms with van der Waals surface area (Å²) >= 11 is 0. The van der Waals surface area contributed by atoms with Gasteiger partial charge in [-0.3, -0.25) is 14.4 Å². The molecule has 30 heavy (non-hydrogen) atoms. The summed E-state index contributed by atoms with van der Waals surface area (Å²) in [5.41, 5.74) is 1.27. The zero-order valence-electron chi connectivity index (χ0n) is 17.1. The first kappa shape index (κ1) is 22.6. The van der Waals surface area contributed by atoms with Gasteiger partial charge in [0.25, 0.3) is 0 Å². The van der Waals surface area contributed by atoms with Gasteiger partial charge in [-0.05, 0) is 62.4 Å². The molecule has 0 radical (unpaired) electrons. The van der Waals surface area contributed by atoms with Gasteiger partial charge in [0.1, 0.15) is 17.5 Å². The fourth-order valence-corrected chi connectivity index (χ4v) is 2.63. The molecule has 158 valence electrons. The number of rotatable bonds is 9. The van der Waals surface area contributed by atoms with E-state index in [1.165, 1.54) is 38.3 Å². The second kappa shape index (κ2) is 10.8. The van der Waals surface area contributed by atoms with E-state index in [-0.39, 0.29) is 13.0 Å². The molecule has 1 unspecified atom stereocenters. The van der Waals surface area contributed by atoms with Crippen molar-refractivity contribution in [2.75, 3.05) is 24.4 Å². The predicted molar refractivity (Wildman–Crippen MR) is 111 cm³/mol. The summed E-state index contributed by atoms with van der Waals surface area (Å²) in [5.74, 6) is -2.46. The number of ketones is 1. The van der Waals surface area contributed by atoms with Crippen LogP contribution in [0.4, 0.5) is 11.4 Å². The molecule has 0 spiro atoms. The summed E-state index contributed by atoms with van der Waals surface area (Å²) in [4.78, 5) is 48.4. The highest BCUT2D eigenvalue weighted by molar-refractivity contribution is 6.09. The number of methoxy groups -OCH3 is 1. The molecule has 8 nitrogen and oxygen atoms in total. The Morgan fingerprint density at radius 1 is 0.900 bits per heavy atom. The van der Waals surface area contributed by atoms with Crippen LogP contribution in [0.15, 0.2) is 48.5 Å². The van der Waals surface area contributed by atoms with Crippen molar-refractivity contribution in [3.05, 3.63) is 54.1 Å². The molecule has 0 aliphatic carbocycles. The molecule has 2 aromatic carbocycles. The lowest BCUT2D eigenvalue weighted by Gasteiger charge is -2.14. The van der Waals surface area contributed by atoms with E-state index in [0.717, 1.165) is 0 Å². The third-order valence-electron chi connectivity index (χ3n) is 4.23. The van der Waals surface area contributed by atoms with E-state index in [1.807, 2.05) is 0 Å². The average Bonchev–Trinajstić information content (AvgIpc) is 2.73. The second-order valence-electron chi connectivity index (χ2n) is 6.43. The van der Waals surface area contributed by atoms with Crippen molar-refractivity contribution in [1.29, 1.82) is 0 Å². The van der Waals surface area contributed by atoms with Gasteiger partial charge in [0.05, 0.1) is 19.3 Å². The van der Waals surface area contributed by atoms with E-state index in [9.17, 15) is 19.2 Å². The van der Waals surface area contributed by atoms with Crippen LogP contribution in [-0.2, 0) is 19.1 Å². The van der Waals surface area contributed by atoms with Crippen molar-refractivity contribution < 1.29 is 28.7 Å². The summed E-state index contributed by atoms with van der Waals surface area (Å²) < 4.78 is 9.96. The zero-order chi connectivity index (χ0) is 22.1. The van der Waals surface area contributed by atoms with Gasteiger partial charge in [0.15, 0.2) is 0 Å². The SMILES string of the molecule is CCOC(=O)c1ccc(NC(=O)C(CC(=O)Nc2ccc(OC)cc2)C(C)=O)cc1. The van der Waals surface area contributed by atoms with Gasteiger partial charge in [-0.15, -0.1) is 0 Å². The van der Waals surface area contributed by atoms with Crippen molar-refractivity contribution in [2.24, 2.45) is 5.92 Å². The standard InChI is InChI=1S/C22H24N2O6/c1-4-30-22(28)15-5-7-17(8-6-15)24-21(27)19(14(2)25)13-20(26)23-16-9-11-18(29-3)12-10-16/h5-12,19H,4,13H2,1-3H3,(H,23,26)(H,24,27). The fraction of sp³-hybridized carbons (Fsp3) is 0.273. The molecule has 0 fully saturated rings. The first-order valence-corrected chi connectivity index (χ1v) is 9.36. The van der Waals surface area contributed by atoms with E-state index in [4.69, 9.17) is 9.47 Å². The Balaban J connectivity index is 1.99. The van der Waals surface area contributed by atoms with Gasteiger partial charge in [-0.1, -0.05) is 0 Å². The minimum Gasteiger partial charge on any atom is -0.497 e. The maximum Gasteiger partial charge on any atom is 0.338 e. The molecule has 1 atom stereocenters. The van der Waals surface area contributed by atoms with Gasteiger partial charge >= 0.3 is 5.97 Å². The summed E-state index contributed by atoms with van der Waals surface area (Å²) in [7, 11) is 1.54. The molecule has 0 saturated carbocycles. The van der Waals surface area contributed by atoms with Crippen LogP contribution in [0, 0.1) is 5.92 Å². The van der Waals surface area contributed by atoms with E-state index < -0.39 is 29.5 Å². The fourth-order valence-electron chi connectivity index (χ4n) is 2.63. The number of nitrogens with one attached hydrogen (secondary N) is 2. The molecule has 8 heteroatoms. The Morgan fingerprint density at radius 2 is 1.47 bits per heavy atom. The number of benzene rings is 2. The van der Waals surface area contributed by atoms with Gasteiger partial charge in [0, 0.05) is 17.8 Å². The minimum atomic E-state index is -1.15. The van der Waals surface area contributed by atoms with Crippen molar-refractivity contribution in [1.82, 2.24) is 0 Å². The smallest absolute Gasteiger partial charge is 0.338 e. The molecule has 0 aromatic heterocycles. The van der Waals surface area contributed by atoms with Crippen molar-refractivity contribution in [3.8, 4) is 5.75 Å². The van der Waals surface area contributed by atoms with Crippen LogP contribution in [0.3, 0.4) is 0 Å². The number of hydrogen-bond donors (Lipinski definition) is 2. The molecule has 2 rings (SSSR count). The number of carbonyl (C=O) groups excluding carboxylic acids is 4. The highest BCUT2D eigenvalue weighted by atomic mass is 16.5. The largest absolute Gasteiger partial charge is 0.497 e. The maximum absolute atomic E-state index is 12.5. The second-order valence-corrected chi connectivity index (χ2v) is 6.43. The van der Waals surface area contributed by atoms with E-state index in [2.05, 4.69) is 10.6 Å². The quantitative estimate of drug-likeness (QED) is 0.484. The van der Waals surface area contributed by atoms with Gasteiger partial charge in [-0.2, -0.15) is 0 Å². The minimum absolute atomic E-state index is 0.260. The Kier molecular flexibility index (Phi) is 8.10. The van der Waals surface area contributed by atoms with E-state index in [1.54, 1.807) is 31.2 Å².